The summed E-state index contributed by atoms with van der Waals surface area (Å²) in [6.07, 6.45) is 3.11. The molecule has 2 aromatic heterocycles. The van der Waals surface area contributed by atoms with Crippen molar-refractivity contribution in [2.45, 2.75) is 0 Å². The van der Waals surface area contributed by atoms with Gasteiger partial charge in [0.05, 0.1) is 23.1 Å². The number of aromatic nitrogens is 4. The van der Waals surface area contributed by atoms with Gasteiger partial charge in [-0.3, -0.25) is 9.89 Å². The molecule has 0 fully saturated rings. The second kappa shape index (κ2) is 6.43. The monoisotopic (exact) mass is 345 g/mol. The maximum Gasteiger partial charge on any atom is 0.337 e. The van der Waals surface area contributed by atoms with E-state index in [1.54, 1.807) is 6.20 Å². The maximum atomic E-state index is 13.3. The molecule has 1 amide bonds. The van der Waals surface area contributed by atoms with Crippen LogP contribution < -0.4 is 5.32 Å². The Morgan fingerprint density at radius 2 is 1.88 bits per heavy atom. The third-order valence-corrected chi connectivity index (χ3v) is 3.23. The summed E-state index contributed by atoms with van der Waals surface area (Å²) < 4.78 is 26.5. The molecule has 0 atom stereocenters. The fourth-order valence-corrected chi connectivity index (χ4v) is 2.01. The zero-order chi connectivity index (χ0) is 18.0. The number of rotatable bonds is 4. The number of carbonyl (C=O) groups is 2. The lowest BCUT2D eigenvalue weighted by atomic mass is 10.1. The molecule has 10 heteroatoms. The molecule has 0 saturated heterocycles. The number of carbonyl (C=O) groups excluding carboxylic acids is 1. The summed E-state index contributed by atoms with van der Waals surface area (Å²) in [6.45, 7) is 0. The highest BCUT2D eigenvalue weighted by atomic mass is 19.2. The van der Waals surface area contributed by atoms with E-state index >= 15 is 0 Å². The van der Waals surface area contributed by atoms with Crippen LogP contribution in [0.3, 0.4) is 0 Å². The standard InChI is InChI=1S/C15H9F2N5O3/c16-9-3-8(15(24)25)13(4-10(9)17)20-14(23)12-2-1-11(21-22-12)7-5-18-19-6-7/h1-6H,(H,18,19)(H,20,23)(H,24,25). The van der Waals surface area contributed by atoms with Crippen LogP contribution in [0.5, 0.6) is 0 Å². The third kappa shape index (κ3) is 3.32. The number of aromatic amines is 1. The summed E-state index contributed by atoms with van der Waals surface area (Å²) in [4.78, 5) is 23.2. The molecule has 2 heterocycles. The van der Waals surface area contributed by atoms with Gasteiger partial charge in [-0.05, 0) is 18.2 Å². The number of benzene rings is 1. The van der Waals surface area contributed by atoms with Crippen LogP contribution in [0.1, 0.15) is 20.8 Å². The molecule has 1 aromatic carbocycles. The van der Waals surface area contributed by atoms with E-state index in [0.29, 0.717) is 23.4 Å². The van der Waals surface area contributed by atoms with Gasteiger partial charge in [0.25, 0.3) is 5.91 Å². The molecule has 0 spiro atoms. The Kier molecular flexibility index (Phi) is 4.16. The molecule has 126 valence electrons. The van der Waals surface area contributed by atoms with Gasteiger partial charge in [0.2, 0.25) is 0 Å². The van der Waals surface area contributed by atoms with E-state index in [1.807, 2.05) is 0 Å². The zero-order valence-corrected chi connectivity index (χ0v) is 12.3. The van der Waals surface area contributed by atoms with Gasteiger partial charge >= 0.3 is 5.97 Å². The molecule has 0 aliphatic rings. The quantitative estimate of drug-likeness (QED) is 0.666. The lowest BCUT2D eigenvalue weighted by molar-refractivity contribution is 0.0697. The van der Waals surface area contributed by atoms with Crippen molar-refractivity contribution in [1.29, 1.82) is 0 Å². The minimum Gasteiger partial charge on any atom is -0.478 e. The van der Waals surface area contributed by atoms with Crippen LogP contribution in [-0.4, -0.2) is 37.4 Å². The fourth-order valence-electron chi connectivity index (χ4n) is 2.01. The Hall–Kier alpha value is -3.69. The summed E-state index contributed by atoms with van der Waals surface area (Å²) in [6, 6.07) is 3.94. The predicted octanol–water partition coefficient (Wildman–Crippen LogP) is 2.10. The van der Waals surface area contributed by atoms with Gasteiger partial charge in [0.15, 0.2) is 17.3 Å². The number of hydrogen-bond acceptors (Lipinski definition) is 5. The Morgan fingerprint density at radius 1 is 1.12 bits per heavy atom. The van der Waals surface area contributed by atoms with Gasteiger partial charge in [-0.1, -0.05) is 0 Å². The van der Waals surface area contributed by atoms with Gasteiger partial charge in [-0.15, -0.1) is 10.2 Å². The minimum atomic E-state index is -1.52. The van der Waals surface area contributed by atoms with Crippen molar-refractivity contribution < 1.29 is 23.5 Å². The Bertz CT molecular complexity index is 943. The van der Waals surface area contributed by atoms with Crippen LogP contribution in [-0.2, 0) is 0 Å². The molecule has 0 radical (unpaired) electrons. The van der Waals surface area contributed by atoms with E-state index in [0.717, 1.165) is 0 Å². The van der Waals surface area contributed by atoms with Crippen LogP contribution >= 0.6 is 0 Å². The number of carboxylic acid groups (broad SMARTS) is 1. The molecule has 0 aliphatic heterocycles. The Morgan fingerprint density at radius 3 is 2.48 bits per heavy atom. The first-order valence-corrected chi connectivity index (χ1v) is 6.82. The van der Waals surface area contributed by atoms with Crippen molar-refractivity contribution in [1.82, 2.24) is 20.4 Å². The van der Waals surface area contributed by atoms with Crippen LogP contribution in [0, 0.1) is 11.6 Å². The summed E-state index contributed by atoms with van der Waals surface area (Å²) in [5, 5.41) is 25.2. The molecular formula is C15H9F2N5O3. The molecular weight excluding hydrogens is 336 g/mol. The SMILES string of the molecule is O=C(Nc1cc(F)c(F)cc1C(=O)O)c1ccc(-c2cn[nH]c2)nn1. The molecule has 0 bridgehead atoms. The van der Waals surface area contributed by atoms with E-state index < -0.39 is 34.8 Å². The van der Waals surface area contributed by atoms with E-state index in [9.17, 15) is 18.4 Å². The largest absolute Gasteiger partial charge is 0.478 e. The van der Waals surface area contributed by atoms with Gasteiger partial charge < -0.3 is 10.4 Å². The van der Waals surface area contributed by atoms with Gasteiger partial charge in [-0.25, -0.2) is 13.6 Å². The van der Waals surface area contributed by atoms with Crippen LogP contribution in [0.4, 0.5) is 14.5 Å². The number of anilines is 1. The minimum absolute atomic E-state index is 0.131. The number of nitrogens with one attached hydrogen (secondary N) is 2. The number of amides is 1. The average molecular weight is 345 g/mol. The number of aromatic carboxylic acids is 1. The number of H-pyrrole nitrogens is 1. The zero-order valence-electron chi connectivity index (χ0n) is 12.3. The second-order valence-corrected chi connectivity index (χ2v) is 4.86. The molecule has 0 saturated carbocycles. The smallest absolute Gasteiger partial charge is 0.337 e. The Balaban J connectivity index is 1.85. The molecule has 3 N–H and O–H groups in total. The number of hydrogen-bond donors (Lipinski definition) is 3. The van der Waals surface area contributed by atoms with Crippen molar-refractivity contribution in [3.63, 3.8) is 0 Å². The van der Waals surface area contributed by atoms with Gasteiger partial charge in [0, 0.05) is 17.8 Å². The van der Waals surface area contributed by atoms with Crippen molar-refractivity contribution in [3.05, 3.63) is 59.6 Å². The van der Waals surface area contributed by atoms with E-state index in [4.69, 9.17) is 5.11 Å². The van der Waals surface area contributed by atoms with Crippen molar-refractivity contribution in [3.8, 4) is 11.3 Å². The molecule has 3 rings (SSSR count). The highest BCUT2D eigenvalue weighted by Gasteiger charge is 2.18. The van der Waals surface area contributed by atoms with E-state index in [-0.39, 0.29) is 5.69 Å². The third-order valence-electron chi connectivity index (χ3n) is 3.23. The van der Waals surface area contributed by atoms with Crippen molar-refractivity contribution >= 4 is 17.6 Å². The van der Waals surface area contributed by atoms with Gasteiger partial charge in [-0.2, -0.15) is 5.10 Å². The number of halogens is 2. The molecule has 0 aliphatic carbocycles. The number of carboxylic acids is 1. The molecule has 8 nitrogen and oxygen atoms in total. The average Bonchev–Trinajstić information content (AvgIpc) is 3.12. The van der Waals surface area contributed by atoms with Gasteiger partial charge in [0.1, 0.15) is 0 Å². The first-order valence-electron chi connectivity index (χ1n) is 6.82. The highest BCUT2D eigenvalue weighted by molar-refractivity contribution is 6.06. The molecule has 0 unspecified atom stereocenters. The van der Waals surface area contributed by atoms with Crippen LogP contribution in [0.25, 0.3) is 11.3 Å². The summed E-state index contributed by atoms with van der Waals surface area (Å²) in [5.41, 5.74) is 0.0123. The van der Waals surface area contributed by atoms with E-state index in [2.05, 4.69) is 25.7 Å². The Labute approximate surface area is 138 Å². The van der Waals surface area contributed by atoms with E-state index in [1.165, 1.54) is 18.3 Å². The topological polar surface area (TPSA) is 121 Å². The normalized spacial score (nSPS) is 10.5. The lowest BCUT2D eigenvalue weighted by Gasteiger charge is -2.09. The van der Waals surface area contributed by atoms with Crippen LogP contribution in [0.2, 0.25) is 0 Å². The number of nitrogens with zero attached hydrogens (tertiary/aromatic N) is 3. The maximum absolute atomic E-state index is 13.3. The van der Waals surface area contributed by atoms with Crippen molar-refractivity contribution in [2.75, 3.05) is 5.32 Å². The molecule has 25 heavy (non-hydrogen) atoms. The first-order chi connectivity index (χ1) is 12.0. The van der Waals surface area contributed by atoms with Crippen LogP contribution in [0.15, 0.2) is 36.7 Å². The fraction of sp³-hybridized carbons (Fsp3) is 0. The lowest BCUT2D eigenvalue weighted by Crippen LogP contribution is -2.17. The highest BCUT2D eigenvalue weighted by Crippen LogP contribution is 2.21. The second-order valence-electron chi connectivity index (χ2n) is 4.86. The first kappa shape index (κ1) is 16.2. The predicted molar refractivity (Wildman–Crippen MR) is 80.9 cm³/mol. The summed E-state index contributed by atoms with van der Waals surface area (Å²) in [5.74, 6) is -4.96. The summed E-state index contributed by atoms with van der Waals surface area (Å²) in [7, 11) is 0. The van der Waals surface area contributed by atoms with Crippen molar-refractivity contribution in [2.24, 2.45) is 0 Å². The molecule has 3 aromatic rings. The summed E-state index contributed by atoms with van der Waals surface area (Å²) >= 11 is 0.